The van der Waals surface area contributed by atoms with Crippen molar-refractivity contribution in [1.29, 1.82) is 0 Å². The number of ether oxygens (including phenoxy) is 1. The summed E-state index contributed by atoms with van der Waals surface area (Å²) >= 11 is 0. The molecular weight excluding hydrogens is 199 g/mol. The molecule has 0 unspecified atom stereocenters. The molecule has 14 heavy (non-hydrogen) atoms. The van der Waals surface area contributed by atoms with Crippen LogP contribution in [0.5, 0.6) is 0 Å². The second-order valence-corrected chi connectivity index (χ2v) is 2.43. The fraction of sp³-hybridized carbons (Fsp3) is 0.125. The van der Waals surface area contributed by atoms with Gasteiger partial charge in [0.25, 0.3) is 0 Å². The molecular formula is C8H6F3NO2. The van der Waals surface area contributed by atoms with Crippen molar-refractivity contribution in [3.05, 3.63) is 29.1 Å². The number of carbonyl (C=O) groups is 1. The molecule has 0 atom stereocenters. The second-order valence-electron chi connectivity index (χ2n) is 2.43. The van der Waals surface area contributed by atoms with Gasteiger partial charge in [-0.05, 0) is 0 Å². The van der Waals surface area contributed by atoms with Crippen molar-refractivity contribution >= 4 is 11.7 Å². The van der Waals surface area contributed by atoms with E-state index in [4.69, 9.17) is 5.73 Å². The fourth-order valence-electron chi connectivity index (χ4n) is 0.911. The highest BCUT2D eigenvalue weighted by Gasteiger charge is 2.23. The molecule has 0 spiro atoms. The third kappa shape index (κ3) is 1.50. The molecule has 3 nitrogen and oxygen atoms in total. The molecule has 0 amide bonds. The number of carbonyl (C=O) groups excluding carboxylic acids is 1. The number of nitrogen functional groups attached to an aromatic ring is 1. The Labute approximate surface area is 77.3 Å². The number of anilines is 1. The number of methoxy groups -OCH3 is 1. The Morgan fingerprint density at radius 3 is 2.43 bits per heavy atom. The van der Waals surface area contributed by atoms with Crippen LogP contribution in [0.1, 0.15) is 10.4 Å². The molecule has 0 saturated carbocycles. The van der Waals surface area contributed by atoms with E-state index in [2.05, 4.69) is 4.74 Å². The summed E-state index contributed by atoms with van der Waals surface area (Å²) in [6, 6.07) is 0.261. The highest BCUT2D eigenvalue weighted by atomic mass is 19.2. The molecule has 0 fully saturated rings. The standard InChI is InChI=1S/C8H6F3NO2/c1-14-8(13)5-6(11)3(9)2-4(10)7(5)12/h2H,12H2,1H3. The maximum atomic E-state index is 13.0. The van der Waals surface area contributed by atoms with E-state index in [1.807, 2.05) is 0 Å². The average molecular weight is 205 g/mol. The normalized spacial score (nSPS) is 10.0. The summed E-state index contributed by atoms with van der Waals surface area (Å²) in [7, 11) is 0.948. The van der Waals surface area contributed by atoms with Gasteiger partial charge in [-0.15, -0.1) is 0 Å². The molecule has 0 saturated heterocycles. The zero-order chi connectivity index (χ0) is 10.9. The van der Waals surface area contributed by atoms with Crippen molar-refractivity contribution in [2.45, 2.75) is 0 Å². The molecule has 0 aliphatic heterocycles. The van der Waals surface area contributed by atoms with Gasteiger partial charge in [-0.1, -0.05) is 0 Å². The van der Waals surface area contributed by atoms with E-state index < -0.39 is 34.7 Å². The number of halogens is 3. The van der Waals surface area contributed by atoms with Crippen molar-refractivity contribution in [2.24, 2.45) is 0 Å². The van der Waals surface area contributed by atoms with Crippen LogP contribution in [0, 0.1) is 17.5 Å². The summed E-state index contributed by atoms with van der Waals surface area (Å²) in [4.78, 5) is 10.9. The van der Waals surface area contributed by atoms with E-state index in [0.29, 0.717) is 0 Å². The van der Waals surface area contributed by atoms with Gasteiger partial charge in [-0.25, -0.2) is 18.0 Å². The smallest absolute Gasteiger partial charge is 0.343 e. The van der Waals surface area contributed by atoms with Gasteiger partial charge in [0.2, 0.25) is 0 Å². The molecule has 1 rings (SSSR count). The highest BCUT2D eigenvalue weighted by molar-refractivity contribution is 5.95. The van der Waals surface area contributed by atoms with Gasteiger partial charge in [-0.2, -0.15) is 0 Å². The zero-order valence-electron chi connectivity index (χ0n) is 7.11. The third-order valence-electron chi connectivity index (χ3n) is 1.60. The maximum Gasteiger partial charge on any atom is 0.343 e. The number of rotatable bonds is 1. The van der Waals surface area contributed by atoms with Crippen LogP contribution in [0.25, 0.3) is 0 Å². The van der Waals surface area contributed by atoms with E-state index in [1.54, 1.807) is 0 Å². The van der Waals surface area contributed by atoms with Crippen LogP contribution in [-0.2, 0) is 4.74 Å². The van der Waals surface area contributed by atoms with Crippen LogP contribution in [0.2, 0.25) is 0 Å². The molecule has 2 N–H and O–H groups in total. The molecule has 0 bridgehead atoms. The van der Waals surface area contributed by atoms with Gasteiger partial charge in [0.1, 0.15) is 11.4 Å². The van der Waals surface area contributed by atoms with Crippen molar-refractivity contribution in [3.8, 4) is 0 Å². The van der Waals surface area contributed by atoms with Crippen molar-refractivity contribution < 1.29 is 22.7 Å². The van der Waals surface area contributed by atoms with Gasteiger partial charge in [-0.3, -0.25) is 0 Å². The number of hydrogen-bond acceptors (Lipinski definition) is 3. The van der Waals surface area contributed by atoms with E-state index >= 15 is 0 Å². The minimum absolute atomic E-state index is 0.261. The van der Waals surface area contributed by atoms with Crippen molar-refractivity contribution in [1.82, 2.24) is 0 Å². The predicted octanol–water partition coefficient (Wildman–Crippen LogP) is 1.47. The average Bonchev–Trinajstić information content (AvgIpc) is 2.15. The second kappa shape index (κ2) is 3.57. The first-order chi connectivity index (χ1) is 6.49. The lowest BCUT2D eigenvalue weighted by molar-refractivity contribution is 0.0595. The van der Waals surface area contributed by atoms with Crippen LogP contribution >= 0.6 is 0 Å². The Balaban J connectivity index is 3.47. The summed E-state index contributed by atoms with van der Waals surface area (Å²) in [5, 5.41) is 0. The monoisotopic (exact) mass is 205 g/mol. The Bertz CT molecular complexity index is 366. The summed E-state index contributed by atoms with van der Waals surface area (Å²) in [6.45, 7) is 0. The first-order valence-corrected chi connectivity index (χ1v) is 3.50. The van der Waals surface area contributed by atoms with Gasteiger partial charge in [0.15, 0.2) is 11.6 Å². The molecule has 1 aromatic carbocycles. The first kappa shape index (κ1) is 10.4. The van der Waals surface area contributed by atoms with Crippen LogP contribution in [-0.4, -0.2) is 13.1 Å². The molecule has 1 aromatic rings. The molecule has 0 aliphatic rings. The number of esters is 1. The van der Waals surface area contributed by atoms with E-state index in [1.165, 1.54) is 0 Å². The largest absolute Gasteiger partial charge is 0.465 e. The molecule has 6 heteroatoms. The first-order valence-electron chi connectivity index (χ1n) is 3.50. The summed E-state index contributed by atoms with van der Waals surface area (Å²) in [5.74, 6) is -5.43. The fourth-order valence-corrected chi connectivity index (χ4v) is 0.911. The SMILES string of the molecule is COC(=O)c1c(N)c(F)cc(F)c1F. The topological polar surface area (TPSA) is 52.3 Å². The Hall–Kier alpha value is -1.72. The summed E-state index contributed by atoms with van der Waals surface area (Å²) < 4.78 is 42.5. The van der Waals surface area contributed by atoms with Crippen LogP contribution in [0.3, 0.4) is 0 Å². The molecule has 0 heterocycles. The van der Waals surface area contributed by atoms with Gasteiger partial charge < -0.3 is 10.5 Å². The Morgan fingerprint density at radius 1 is 1.36 bits per heavy atom. The zero-order valence-corrected chi connectivity index (χ0v) is 7.11. The lowest BCUT2D eigenvalue weighted by Crippen LogP contribution is -2.11. The van der Waals surface area contributed by atoms with Crippen molar-refractivity contribution in [3.63, 3.8) is 0 Å². The van der Waals surface area contributed by atoms with Gasteiger partial charge in [0.05, 0.1) is 12.8 Å². The summed E-state index contributed by atoms with van der Waals surface area (Å²) in [6.07, 6.45) is 0. The summed E-state index contributed by atoms with van der Waals surface area (Å²) in [5.41, 5.74) is 3.35. The lowest BCUT2D eigenvalue weighted by Gasteiger charge is -2.06. The quantitative estimate of drug-likeness (QED) is 0.429. The third-order valence-corrected chi connectivity index (χ3v) is 1.60. The van der Waals surface area contributed by atoms with Crippen LogP contribution in [0.15, 0.2) is 6.07 Å². The van der Waals surface area contributed by atoms with Crippen LogP contribution in [0.4, 0.5) is 18.9 Å². The van der Waals surface area contributed by atoms with Crippen molar-refractivity contribution in [2.75, 3.05) is 12.8 Å². The maximum absolute atomic E-state index is 13.0. The molecule has 0 aliphatic carbocycles. The van der Waals surface area contributed by atoms with Crippen LogP contribution < -0.4 is 5.73 Å². The Morgan fingerprint density at radius 2 is 1.93 bits per heavy atom. The van der Waals surface area contributed by atoms with E-state index in [0.717, 1.165) is 7.11 Å². The van der Waals surface area contributed by atoms with Gasteiger partial charge in [0, 0.05) is 6.07 Å². The Kier molecular flexibility index (Phi) is 2.64. The lowest BCUT2D eigenvalue weighted by atomic mass is 10.1. The number of nitrogens with two attached hydrogens (primary N) is 1. The van der Waals surface area contributed by atoms with E-state index in [9.17, 15) is 18.0 Å². The van der Waals surface area contributed by atoms with E-state index in [-0.39, 0.29) is 6.07 Å². The predicted molar refractivity (Wildman–Crippen MR) is 42.1 cm³/mol. The van der Waals surface area contributed by atoms with Gasteiger partial charge >= 0.3 is 5.97 Å². The molecule has 0 radical (unpaired) electrons. The molecule has 76 valence electrons. The minimum Gasteiger partial charge on any atom is -0.465 e. The highest BCUT2D eigenvalue weighted by Crippen LogP contribution is 2.23. The molecule has 0 aromatic heterocycles. The number of hydrogen-bond donors (Lipinski definition) is 1. The number of benzene rings is 1. The minimum atomic E-state index is -1.52.